The van der Waals surface area contributed by atoms with Gasteiger partial charge in [-0.15, -0.1) is 0 Å². The van der Waals surface area contributed by atoms with Crippen molar-refractivity contribution in [1.29, 1.82) is 0 Å². The maximum atomic E-state index is 12.4. The maximum absolute atomic E-state index is 12.4. The number of aryl methyl sites for hydroxylation is 1. The molecule has 2 N–H and O–H groups in total. The van der Waals surface area contributed by atoms with Gasteiger partial charge in [-0.1, -0.05) is 11.6 Å². The molecule has 1 fully saturated rings. The van der Waals surface area contributed by atoms with Gasteiger partial charge in [0.05, 0.1) is 12.0 Å². The van der Waals surface area contributed by atoms with E-state index in [0.717, 1.165) is 12.0 Å². The molecule has 7 heteroatoms. The molecule has 6 nitrogen and oxygen atoms in total. The standard InChI is InChI=1S/C24H26ClNO5/c1-15-13-17(7-11-21(15)25)23(28)26-12-2-3-22(27)16-4-8-19(9-5-16)31-20-10-6-18(14-20)24(29)30/h4-5,7-9,11,13,18,20H,2-3,6,10,12,14H2,1H3,(H,26,28)(H,29,30)/t18-,20-/m1/s1. The summed E-state index contributed by atoms with van der Waals surface area (Å²) in [6, 6.07) is 12.0. The van der Waals surface area contributed by atoms with Crippen molar-refractivity contribution in [3.63, 3.8) is 0 Å². The molecule has 1 aliphatic rings. The van der Waals surface area contributed by atoms with Crippen LogP contribution in [0.4, 0.5) is 0 Å². The van der Waals surface area contributed by atoms with Crippen molar-refractivity contribution in [1.82, 2.24) is 5.32 Å². The number of halogens is 1. The molecule has 0 bridgehead atoms. The van der Waals surface area contributed by atoms with Crippen LogP contribution in [-0.4, -0.2) is 35.4 Å². The molecular weight excluding hydrogens is 418 g/mol. The van der Waals surface area contributed by atoms with Crippen LogP contribution < -0.4 is 10.1 Å². The summed E-state index contributed by atoms with van der Waals surface area (Å²) in [5.41, 5.74) is 1.97. The number of ether oxygens (including phenoxy) is 1. The summed E-state index contributed by atoms with van der Waals surface area (Å²) in [5, 5.41) is 12.5. The molecule has 0 heterocycles. The van der Waals surface area contributed by atoms with Crippen LogP contribution in [0.25, 0.3) is 0 Å². The predicted molar refractivity (Wildman–Crippen MR) is 118 cm³/mol. The molecule has 2 atom stereocenters. The zero-order valence-electron chi connectivity index (χ0n) is 17.4. The van der Waals surface area contributed by atoms with Crippen LogP contribution in [0.5, 0.6) is 5.75 Å². The highest BCUT2D eigenvalue weighted by Gasteiger charge is 2.30. The van der Waals surface area contributed by atoms with Crippen LogP contribution in [0.1, 0.15) is 58.4 Å². The molecule has 0 saturated heterocycles. The zero-order valence-corrected chi connectivity index (χ0v) is 18.2. The number of hydrogen-bond acceptors (Lipinski definition) is 4. The summed E-state index contributed by atoms with van der Waals surface area (Å²) in [5.74, 6) is -0.666. The van der Waals surface area contributed by atoms with E-state index < -0.39 is 5.97 Å². The molecule has 31 heavy (non-hydrogen) atoms. The summed E-state index contributed by atoms with van der Waals surface area (Å²) >= 11 is 5.98. The Balaban J connectivity index is 1.41. The molecular formula is C24H26ClNO5. The highest BCUT2D eigenvalue weighted by atomic mass is 35.5. The van der Waals surface area contributed by atoms with Crippen LogP contribution in [-0.2, 0) is 4.79 Å². The molecule has 2 aromatic carbocycles. The Morgan fingerprint density at radius 3 is 2.45 bits per heavy atom. The Morgan fingerprint density at radius 1 is 1.10 bits per heavy atom. The monoisotopic (exact) mass is 443 g/mol. The summed E-state index contributed by atoms with van der Waals surface area (Å²) in [6.45, 7) is 2.24. The lowest BCUT2D eigenvalue weighted by molar-refractivity contribution is -0.141. The maximum Gasteiger partial charge on any atom is 0.306 e. The Bertz CT molecular complexity index is 957. The Morgan fingerprint density at radius 2 is 1.81 bits per heavy atom. The van der Waals surface area contributed by atoms with E-state index in [2.05, 4.69) is 5.32 Å². The quantitative estimate of drug-likeness (QED) is 0.434. The molecule has 1 saturated carbocycles. The molecule has 3 rings (SSSR count). The predicted octanol–water partition coefficient (Wildman–Crippen LogP) is 4.67. The van der Waals surface area contributed by atoms with Crippen LogP contribution in [0.2, 0.25) is 5.02 Å². The normalized spacial score (nSPS) is 17.9. The number of carboxylic acids is 1. The van der Waals surface area contributed by atoms with Crippen molar-refractivity contribution < 1.29 is 24.2 Å². The SMILES string of the molecule is Cc1cc(C(=O)NCCCC(=O)c2ccc(O[C@@H]3CC[C@@H](C(=O)O)C3)cc2)ccc1Cl. The first kappa shape index (κ1) is 22.8. The van der Waals surface area contributed by atoms with Gasteiger partial charge in [-0.05, 0) is 80.6 Å². The summed E-state index contributed by atoms with van der Waals surface area (Å²) < 4.78 is 5.84. The number of carbonyl (C=O) groups is 3. The Hall–Kier alpha value is -2.86. The van der Waals surface area contributed by atoms with E-state index in [1.54, 1.807) is 42.5 Å². The summed E-state index contributed by atoms with van der Waals surface area (Å²) in [7, 11) is 0. The minimum Gasteiger partial charge on any atom is -0.490 e. The number of ketones is 1. The van der Waals surface area contributed by atoms with Crippen molar-refractivity contribution in [3.8, 4) is 5.75 Å². The van der Waals surface area contributed by atoms with Gasteiger partial charge < -0.3 is 15.2 Å². The van der Waals surface area contributed by atoms with E-state index in [9.17, 15) is 14.4 Å². The van der Waals surface area contributed by atoms with Crippen LogP contribution in [0.3, 0.4) is 0 Å². The van der Waals surface area contributed by atoms with Crippen LogP contribution in [0.15, 0.2) is 42.5 Å². The molecule has 164 valence electrons. The van der Waals surface area contributed by atoms with Crippen LogP contribution in [0, 0.1) is 12.8 Å². The Kier molecular flexibility index (Phi) is 7.69. The van der Waals surface area contributed by atoms with Gasteiger partial charge in [0.15, 0.2) is 5.78 Å². The topological polar surface area (TPSA) is 92.7 Å². The molecule has 1 aliphatic carbocycles. The number of Topliss-reactive ketones (excluding diaryl/α,β-unsaturated/α-hetero) is 1. The first-order valence-electron chi connectivity index (χ1n) is 10.4. The number of amides is 1. The first-order valence-corrected chi connectivity index (χ1v) is 10.8. The van der Waals surface area contributed by atoms with Gasteiger partial charge in [0.1, 0.15) is 5.75 Å². The summed E-state index contributed by atoms with van der Waals surface area (Å²) in [6.07, 6.45) is 2.62. The molecule has 2 aromatic rings. The Labute approximate surface area is 186 Å². The van der Waals surface area contributed by atoms with Gasteiger partial charge in [-0.3, -0.25) is 14.4 Å². The summed E-state index contributed by atoms with van der Waals surface area (Å²) in [4.78, 5) is 35.6. The number of carbonyl (C=O) groups excluding carboxylic acids is 2. The highest BCUT2D eigenvalue weighted by molar-refractivity contribution is 6.31. The van der Waals surface area contributed by atoms with Gasteiger partial charge in [0.25, 0.3) is 5.91 Å². The number of carboxylic acid groups (broad SMARTS) is 1. The smallest absolute Gasteiger partial charge is 0.306 e. The zero-order chi connectivity index (χ0) is 22.4. The fraction of sp³-hybridized carbons (Fsp3) is 0.375. The average molecular weight is 444 g/mol. The second-order valence-corrected chi connectivity index (χ2v) is 8.27. The van der Waals surface area contributed by atoms with Crippen molar-refractivity contribution in [3.05, 3.63) is 64.2 Å². The van der Waals surface area contributed by atoms with E-state index in [-0.39, 0.29) is 23.7 Å². The third-order valence-electron chi connectivity index (χ3n) is 5.50. The third-order valence-corrected chi connectivity index (χ3v) is 5.92. The molecule has 0 spiro atoms. The number of benzene rings is 2. The van der Waals surface area contributed by atoms with Crippen LogP contribution >= 0.6 is 11.6 Å². The van der Waals surface area contributed by atoms with E-state index in [1.165, 1.54) is 0 Å². The van der Waals surface area contributed by atoms with Crippen molar-refractivity contribution in [2.24, 2.45) is 5.92 Å². The van der Waals surface area contributed by atoms with Gasteiger partial charge >= 0.3 is 5.97 Å². The highest BCUT2D eigenvalue weighted by Crippen LogP contribution is 2.29. The minimum absolute atomic E-state index is 0.00468. The second kappa shape index (κ2) is 10.4. The van der Waals surface area contributed by atoms with E-state index in [0.29, 0.717) is 54.1 Å². The fourth-order valence-corrected chi connectivity index (χ4v) is 3.78. The average Bonchev–Trinajstić information content (AvgIpc) is 3.22. The van der Waals surface area contributed by atoms with Crippen molar-refractivity contribution in [2.45, 2.75) is 45.1 Å². The second-order valence-electron chi connectivity index (χ2n) is 7.86. The first-order chi connectivity index (χ1) is 14.8. The lowest BCUT2D eigenvalue weighted by atomic mass is 10.1. The molecule has 1 amide bonds. The van der Waals surface area contributed by atoms with Gasteiger partial charge in [0, 0.05) is 29.1 Å². The van der Waals surface area contributed by atoms with E-state index in [1.807, 2.05) is 6.92 Å². The molecule has 0 radical (unpaired) electrons. The lowest BCUT2D eigenvalue weighted by Crippen LogP contribution is -2.25. The minimum atomic E-state index is -0.772. The van der Waals surface area contributed by atoms with Gasteiger partial charge in [-0.25, -0.2) is 0 Å². The van der Waals surface area contributed by atoms with Crippen molar-refractivity contribution >= 4 is 29.3 Å². The largest absolute Gasteiger partial charge is 0.490 e. The number of hydrogen-bond donors (Lipinski definition) is 2. The molecule has 0 aliphatic heterocycles. The lowest BCUT2D eigenvalue weighted by Gasteiger charge is -2.13. The van der Waals surface area contributed by atoms with E-state index >= 15 is 0 Å². The molecule has 0 unspecified atom stereocenters. The van der Waals surface area contributed by atoms with Crippen molar-refractivity contribution in [2.75, 3.05) is 6.54 Å². The fourth-order valence-electron chi connectivity index (χ4n) is 3.67. The number of aliphatic carboxylic acids is 1. The molecule has 0 aromatic heterocycles. The van der Waals surface area contributed by atoms with Gasteiger partial charge in [-0.2, -0.15) is 0 Å². The third kappa shape index (κ3) is 6.31. The number of rotatable bonds is 9. The number of nitrogens with one attached hydrogen (secondary N) is 1. The van der Waals surface area contributed by atoms with E-state index in [4.69, 9.17) is 21.4 Å². The van der Waals surface area contributed by atoms with Gasteiger partial charge in [0.2, 0.25) is 0 Å².